The standard InChI is InChI=1S/C20H21ClN2O4/c1-3-4-17(16-6-5-12(2)11-22-16)26-19-10-18-13(9-14(19)21)15(23-27-18)7-8-20(24)25/h5-6,9-11,17H,3-4,7-8H2,1-2H3,(H,24,25)/t17-/m0/s1. The van der Waals surface area contributed by atoms with Crippen molar-refractivity contribution in [2.24, 2.45) is 0 Å². The summed E-state index contributed by atoms with van der Waals surface area (Å²) < 4.78 is 11.5. The van der Waals surface area contributed by atoms with Crippen molar-refractivity contribution in [1.29, 1.82) is 0 Å². The molecule has 0 aliphatic heterocycles. The van der Waals surface area contributed by atoms with Crippen LogP contribution in [0.2, 0.25) is 5.02 Å². The zero-order chi connectivity index (χ0) is 19.4. The fourth-order valence-electron chi connectivity index (χ4n) is 2.84. The van der Waals surface area contributed by atoms with Crippen LogP contribution in [-0.4, -0.2) is 21.2 Å². The van der Waals surface area contributed by atoms with Crippen molar-refractivity contribution >= 4 is 28.5 Å². The zero-order valence-corrected chi connectivity index (χ0v) is 16.0. The Morgan fingerprint density at radius 3 is 2.85 bits per heavy atom. The number of aromatic nitrogens is 2. The van der Waals surface area contributed by atoms with Crippen LogP contribution in [0, 0.1) is 6.92 Å². The second-order valence-corrected chi connectivity index (χ2v) is 6.86. The number of carbonyl (C=O) groups is 1. The van der Waals surface area contributed by atoms with Crippen LogP contribution in [0.4, 0.5) is 0 Å². The lowest BCUT2D eigenvalue weighted by Crippen LogP contribution is -2.09. The van der Waals surface area contributed by atoms with Gasteiger partial charge in [-0.25, -0.2) is 0 Å². The van der Waals surface area contributed by atoms with Gasteiger partial charge in [0.2, 0.25) is 0 Å². The van der Waals surface area contributed by atoms with Gasteiger partial charge in [-0.15, -0.1) is 0 Å². The van der Waals surface area contributed by atoms with Crippen molar-refractivity contribution in [3.63, 3.8) is 0 Å². The van der Waals surface area contributed by atoms with E-state index in [1.807, 2.05) is 25.3 Å². The summed E-state index contributed by atoms with van der Waals surface area (Å²) in [6.45, 7) is 4.07. The van der Waals surface area contributed by atoms with Gasteiger partial charge in [0.15, 0.2) is 5.58 Å². The molecule has 142 valence electrons. The molecule has 6 nitrogen and oxygen atoms in total. The molecule has 2 heterocycles. The summed E-state index contributed by atoms with van der Waals surface area (Å²) in [5.74, 6) is -0.392. The third kappa shape index (κ3) is 4.57. The Morgan fingerprint density at radius 2 is 2.19 bits per heavy atom. The first kappa shape index (κ1) is 19.2. The van der Waals surface area contributed by atoms with E-state index < -0.39 is 5.97 Å². The number of ether oxygens (including phenoxy) is 1. The van der Waals surface area contributed by atoms with E-state index in [-0.39, 0.29) is 18.9 Å². The van der Waals surface area contributed by atoms with Gasteiger partial charge < -0.3 is 14.4 Å². The van der Waals surface area contributed by atoms with Crippen LogP contribution in [0.1, 0.15) is 49.2 Å². The Kier molecular flexibility index (Phi) is 5.96. The molecule has 0 radical (unpaired) electrons. The number of fused-ring (bicyclic) bond motifs is 1. The Bertz CT molecular complexity index is 937. The molecule has 3 aromatic rings. The van der Waals surface area contributed by atoms with E-state index in [4.69, 9.17) is 26.0 Å². The third-order valence-electron chi connectivity index (χ3n) is 4.26. The minimum Gasteiger partial charge on any atom is -0.482 e. The summed E-state index contributed by atoms with van der Waals surface area (Å²) in [7, 11) is 0. The highest BCUT2D eigenvalue weighted by atomic mass is 35.5. The lowest BCUT2D eigenvalue weighted by atomic mass is 10.1. The smallest absolute Gasteiger partial charge is 0.303 e. The van der Waals surface area contributed by atoms with Gasteiger partial charge in [0, 0.05) is 24.1 Å². The number of hydrogen-bond acceptors (Lipinski definition) is 5. The summed E-state index contributed by atoms with van der Waals surface area (Å²) in [6.07, 6.45) is 3.59. The molecule has 0 saturated heterocycles. The molecule has 0 aliphatic carbocycles. The Labute approximate surface area is 162 Å². The van der Waals surface area contributed by atoms with Crippen LogP contribution >= 0.6 is 11.6 Å². The zero-order valence-electron chi connectivity index (χ0n) is 15.2. The molecule has 0 bridgehead atoms. The highest BCUT2D eigenvalue weighted by Gasteiger charge is 2.19. The van der Waals surface area contributed by atoms with E-state index in [0.717, 1.165) is 24.1 Å². The first-order valence-electron chi connectivity index (χ1n) is 8.86. The number of aliphatic carboxylic acids is 1. The van der Waals surface area contributed by atoms with Crippen molar-refractivity contribution < 1.29 is 19.2 Å². The van der Waals surface area contributed by atoms with Crippen LogP contribution in [0.15, 0.2) is 35.0 Å². The summed E-state index contributed by atoms with van der Waals surface area (Å²) in [4.78, 5) is 15.3. The Hall–Kier alpha value is -2.60. The van der Waals surface area contributed by atoms with Crippen molar-refractivity contribution in [3.05, 3.63) is 52.4 Å². The van der Waals surface area contributed by atoms with Gasteiger partial charge >= 0.3 is 5.97 Å². The van der Waals surface area contributed by atoms with Crippen LogP contribution in [-0.2, 0) is 11.2 Å². The maximum absolute atomic E-state index is 10.8. The van der Waals surface area contributed by atoms with E-state index in [1.165, 1.54) is 0 Å². The lowest BCUT2D eigenvalue weighted by molar-refractivity contribution is -0.136. The largest absolute Gasteiger partial charge is 0.482 e. The van der Waals surface area contributed by atoms with Gasteiger partial charge in [0.25, 0.3) is 0 Å². The molecule has 0 fully saturated rings. The van der Waals surface area contributed by atoms with E-state index in [0.29, 0.717) is 27.4 Å². The van der Waals surface area contributed by atoms with Crippen LogP contribution in [0.5, 0.6) is 5.75 Å². The fourth-order valence-corrected chi connectivity index (χ4v) is 3.05. The second-order valence-electron chi connectivity index (χ2n) is 6.46. The van der Waals surface area contributed by atoms with Gasteiger partial charge in [-0.2, -0.15) is 0 Å². The lowest BCUT2D eigenvalue weighted by Gasteiger charge is -2.19. The molecule has 0 saturated carbocycles. The molecule has 0 spiro atoms. The first-order valence-corrected chi connectivity index (χ1v) is 9.24. The van der Waals surface area contributed by atoms with Crippen molar-refractivity contribution in [3.8, 4) is 5.75 Å². The van der Waals surface area contributed by atoms with Gasteiger partial charge in [-0.3, -0.25) is 9.78 Å². The predicted molar refractivity (Wildman–Crippen MR) is 102 cm³/mol. The van der Waals surface area contributed by atoms with E-state index >= 15 is 0 Å². The van der Waals surface area contributed by atoms with Crippen LogP contribution < -0.4 is 4.74 Å². The van der Waals surface area contributed by atoms with E-state index in [9.17, 15) is 4.79 Å². The molecule has 1 N–H and O–H groups in total. The van der Waals surface area contributed by atoms with Crippen LogP contribution in [0.3, 0.4) is 0 Å². The van der Waals surface area contributed by atoms with E-state index in [2.05, 4.69) is 17.1 Å². The molecule has 0 aliphatic rings. The topological polar surface area (TPSA) is 85.5 Å². The summed E-state index contributed by atoms with van der Waals surface area (Å²) >= 11 is 6.42. The van der Waals surface area contributed by atoms with Crippen molar-refractivity contribution in [2.75, 3.05) is 0 Å². The maximum atomic E-state index is 10.8. The molecule has 2 aromatic heterocycles. The number of carboxylic acids is 1. The minimum absolute atomic E-state index is 0.0187. The molecule has 0 unspecified atom stereocenters. The number of hydrogen-bond donors (Lipinski definition) is 1. The highest BCUT2D eigenvalue weighted by Crippen LogP contribution is 2.35. The molecule has 1 atom stereocenters. The van der Waals surface area contributed by atoms with Crippen LogP contribution in [0.25, 0.3) is 11.0 Å². The molecule has 1 aromatic carbocycles. The average molecular weight is 389 g/mol. The van der Waals surface area contributed by atoms with Gasteiger partial charge in [0.05, 0.1) is 22.8 Å². The number of halogens is 1. The van der Waals surface area contributed by atoms with Crippen molar-refractivity contribution in [2.45, 2.75) is 45.6 Å². The number of aryl methyl sites for hydroxylation is 2. The van der Waals surface area contributed by atoms with Gasteiger partial charge in [0.1, 0.15) is 11.9 Å². The SMILES string of the molecule is CCC[C@H](Oc1cc2onc(CCC(=O)O)c2cc1Cl)c1ccc(C)cn1. The number of carboxylic acid groups (broad SMARTS) is 1. The summed E-state index contributed by atoms with van der Waals surface area (Å²) in [5, 5.41) is 13.9. The number of pyridine rings is 1. The molecular formula is C20H21ClN2O4. The molecule has 0 amide bonds. The minimum atomic E-state index is -0.884. The number of nitrogens with zero attached hydrogens (tertiary/aromatic N) is 2. The molecule has 7 heteroatoms. The quantitative estimate of drug-likeness (QED) is 0.576. The molecule has 3 rings (SSSR count). The Morgan fingerprint density at radius 1 is 1.37 bits per heavy atom. The van der Waals surface area contributed by atoms with Gasteiger partial charge in [-0.1, -0.05) is 36.2 Å². The Balaban J connectivity index is 1.87. The van der Waals surface area contributed by atoms with E-state index in [1.54, 1.807) is 12.1 Å². The summed E-state index contributed by atoms with van der Waals surface area (Å²) in [6, 6.07) is 7.38. The number of benzene rings is 1. The average Bonchev–Trinajstić information content (AvgIpc) is 3.02. The summed E-state index contributed by atoms with van der Waals surface area (Å²) in [5.41, 5.74) is 3.02. The maximum Gasteiger partial charge on any atom is 0.303 e. The normalized spacial score (nSPS) is 12.3. The highest BCUT2D eigenvalue weighted by molar-refractivity contribution is 6.32. The molecule has 27 heavy (non-hydrogen) atoms. The van der Waals surface area contributed by atoms with Gasteiger partial charge in [-0.05, 0) is 31.0 Å². The predicted octanol–water partition coefficient (Wildman–Crippen LogP) is 5.12. The molecular weight excluding hydrogens is 368 g/mol. The number of rotatable bonds is 8. The fraction of sp³-hybridized carbons (Fsp3) is 0.350. The van der Waals surface area contributed by atoms with Crippen molar-refractivity contribution in [1.82, 2.24) is 10.1 Å². The monoisotopic (exact) mass is 388 g/mol. The third-order valence-corrected chi connectivity index (χ3v) is 4.55. The first-order chi connectivity index (χ1) is 13.0. The second kappa shape index (κ2) is 8.39.